The summed E-state index contributed by atoms with van der Waals surface area (Å²) in [6.45, 7) is 1.58. The highest BCUT2D eigenvalue weighted by Gasteiger charge is 2.44. The Labute approximate surface area is 142 Å². The number of hydrogen-bond donors (Lipinski definition) is 1. The molecule has 5 nitrogen and oxygen atoms in total. The predicted molar refractivity (Wildman–Crippen MR) is 85.8 cm³/mol. The second-order valence-corrected chi connectivity index (χ2v) is 5.50. The molecule has 7 heteroatoms. The maximum atomic E-state index is 14.3. The van der Waals surface area contributed by atoms with Crippen molar-refractivity contribution < 1.29 is 23.5 Å². The summed E-state index contributed by atoms with van der Waals surface area (Å²) in [6, 6.07) is 4.76. The van der Waals surface area contributed by atoms with Gasteiger partial charge < -0.3 is 5.11 Å². The number of rotatable bonds is 4. The summed E-state index contributed by atoms with van der Waals surface area (Å²) < 4.78 is 27.9. The van der Waals surface area contributed by atoms with Crippen molar-refractivity contribution in [1.82, 2.24) is 4.98 Å². The summed E-state index contributed by atoms with van der Waals surface area (Å²) in [6.07, 6.45) is 2.95. The van der Waals surface area contributed by atoms with Crippen LogP contribution in [0.25, 0.3) is 0 Å². The van der Waals surface area contributed by atoms with Crippen molar-refractivity contribution in [3.63, 3.8) is 0 Å². The fourth-order valence-electron chi connectivity index (χ4n) is 2.85. The van der Waals surface area contributed by atoms with Crippen LogP contribution < -0.4 is 4.90 Å². The number of halogens is 2. The number of ketones is 1. The van der Waals surface area contributed by atoms with Crippen molar-refractivity contribution in [2.24, 2.45) is 0 Å². The van der Waals surface area contributed by atoms with Crippen LogP contribution in [0.15, 0.2) is 54.1 Å². The Morgan fingerprint density at radius 2 is 2.08 bits per heavy atom. The molecule has 2 aromatic rings. The van der Waals surface area contributed by atoms with Gasteiger partial charge in [-0.05, 0) is 23.8 Å². The number of anilines is 1. The molecule has 128 valence electrons. The number of aromatic nitrogens is 1. The van der Waals surface area contributed by atoms with Crippen LogP contribution in [0.1, 0.15) is 24.9 Å². The molecule has 0 fully saturated rings. The monoisotopic (exact) mass is 344 g/mol. The van der Waals surface area contributed by atoms with Gasteiger partial charge in [-0.15, -0.1) is 0 Å². The number of pyridine rings is 1. The highest BCUT2D eigenvalue weighted by Crippen LogP contribution is 2.41. The Morgan fingerprint density at radius 3 is 2.72 bits per heavy atom. The van der Waals surface area contributed by atoms with Gasteiger partial charge in [0.25, 0.3) is 5.91 Å². The van der Waals surface area contributed by atoms with Gasteiger partial charge in [-0.25, -0.2) is 8.78 Å². The van der Waals surface area contributed by atoms with E-state index in [-0.39, 0.29) is 17.7 Å². The van der Waals surface area contributed by atoms with Gasteiger partial charge in [0.05, 0.1) is 17.3 Å². The summed E-state index contributed by atoms with van der Waals surface area (Å²) >= 11 is 0. The Morgan fingerprint density at radius 1 is 1.32 bits per heavy atom. The zero-order chi connectivity index (χ0) is 18.1. The average molecular weight is 344 g/mol. The van der Waals surface area contributed by atoms with E-state index in [9.17, 15) is 23.5 Å². The van der Waals surface area contributed by atoms with E-state index in [1.807, 2.05) is 0 Å². The number of hydrogen-bond acceptors (Lipinski definition) is 4. The minimum atomic E-state index is -1.08. The van der Waals surface area contributed by atoms with Crippen molar-refractivity contribution in [3.8, 4) is 0 Å². The quantitative estimate of drug-likeness (QED) is 0.924. The number of nitrogens with zero attached hydrogens (tertiary/aromatic N) is 2. The van der Waals surface area contributed by atoms with E-state index in [1.165, 1.54) is 12.4 Å². The van der Waals surface area contributed by atoms with Crippen LogP contribution in [0.2, 0.25) is 0 Å². The Balaban J connectivity index is 2.22. The molecule has 25 heavy (non-hydrogen) atoms. The number of aliphatic hydroxyl groups is 1. The van der Waals surface area contributed by atoms with Gasteiger partial charge in [0.2, 0.25) is 0 Å². The second-order valence-electron chi connectivity index (χ2n) is 5.50. The molecule has 1 unspecified atom stereocenters. The van der Waals surface area contributed by atoms with Crippen LogP contribution in [0.3, 0.4) is 0 Å². The summed E-state index contributed by atoms with van der Waals surface area (Å²) in [7, 11) is 0. The van der Waals surface area contributed by atoms with E-state index in [0.717, 1.165) is 23.1 Å². The van der Waals surface area contributed by atoms with Crippen LogP contribution in [0.5, 0.6) is 0 Å². The van der Waals surface area contributed by atoms with Crippen LogP contribution in [0, 0.1) is 11.6 Å². The fraction of sp³-hybridized carbons (Fsp3) is 0.167. The van der Waals surface area contributed by atoms with Gasteiger partial charge in [0, 0.05) is 24.9 Å². The molecular formula is C18H14F2N2O3. The van der Waals surface area contributed by atoms with Crippen LogP contribution in [0.4, 0.5) is 14.5 Å². The largest absolute Gasteiger partial charge is 0.503 e. The number of benzene rings is 1. The van der Waals surface area contributed by atoms with E-state index >= 15 is 0 Å². The topological polar surface area (TPSA) is 70.5 Å². The zero-order valence-electron chi connectivity index (χ0n) is 13.2. The summed E-state index contributed by atoms with van der Waals surface area (Å²) in [5.41, 5.74) is -0.103. The van der Waals surface area contributed by atoms with Gasteiger partial charge in [-0.2, -0.15) is 0 Å². The first-order valence-corrected chi connectivity index (χ1v) is 7.60. The molecule has 0 aliphatic carbocycles. The molecule has 1 aromatic carbocycles. The first kappa shape index (κ1) is 16.8. The third kappa shape index (κ3) is 2.77. The molecule has 0 radical (unpaired) electrons. The summed E-state index contributed by atoms with van der Waals surface area (Å²) in [4.78, 5) is 29.7. The van der Waals surface area contributed by atoms with Gasteiger partial charge in [-0.1, -0.05) is 13.0 Å². The van der Waals surface area contributed by atoms with E-state index in [1.54, 1.807) is 19.1 Å². The molecule has 1 aromatic heterocycles. The van der Waals surface area contributed by atoms with Gasteiger partial charge in [0.1, 0.15) is 11.6 Å². The fourth-order valence-corrected chi connectivity index (χ4v) is 2.85. The molecule has 1 atom stereocenters. The smallest absolute Gasteiger partial charge is 0.294 e. The Kier molecular flexibility index (Phi) is 4.31. The summed E-state index contributed by atoms with van der Waals surface area (Å²) in [5.74, 6) is -3.77. The van der Waals surface area contributed by atoms with Gasteiger partial charge in [0.15, 0.2) is 11.5 Å². The van der Waals surface area contributed by atoms with Gasteiger partial charge in [-0.3, -0.25) is 19.5 Å². The molecule has 0 saturated heterocycles. The average Bonchev–Trinajstić information content (AvgIpc) is 2.88. The first-order valence-electron chi connectivity index (χ1n) is 7.60. The van der Waals surface area contributed by atoms with Crippen molar-refractivity contribution in [2.45, 2.75) is 19.4 Å². The maximum Gasteiger partial charge on any atom is 0.294 e. The van der Waals surface area contributed by atoms with E-state index in [2.05, 4.69) is 4.98 Å². The molecule has 1 aliphatic rings. The normalized spacial score (nSPS) is 17.3. The molecule has 0 spiro atoms. The van der Waals surface area contributed by atoms with Crippen molar-refractivity contribution in [2.75, 3.05) is 4.90 Å². The van der Waals surface area contributed by atoms with Gasteiger partial charge >= 0.3 is 0 Å². The SMILES string of the molecule is CCC(=O)C1=C(O)C(=O)N(c2cc(F)ccc2F)C1c1cccnc1. The molecule has 2 heterocycles. The highest BCUT2D eigenvalue weighted by atomic mass is 19.1. The third-order valence-electron chi connectivity index (χ3n) is 4.00. The lowest BCUT2D eigenvalue weighted by molar-refractivity contribution is -0.118. The standard InChI is InChI=1S/C18H14F2N2O3/c1-2-14(23)15-16(10-4-3-7-21-9-10)22(18(25)17(15)24)13-8-11(19)5-6-12(13)20/h3-9,16,24H,2H2,1H3. The van der Waals surface area contributed by atoms with Crippen molar-refractivity contribution in [1.29, 1.82) is 0 Å². The van der Waals surface area contributed by atoms with Crippen LogP contribution >= 0.6 is 0 Å². The molecule has 1 amide bonds. The van der Waals surface area contributed by atoms with Crippen molar-refractivity contribution in [3.05, 3.63) is 71.3 Å². The van der Waals surface area contributed by atoms with Crippen LogP contribution in [-0.2, 0) is 9.59 Å². The van der Waals surface area contributed by atoms with E-state index in [4.69, 9.17) is 0 Å². The predicted octanol–water partition coefficient (Wildman–Crippen LogP) is 3.24. The van der Waals surface area contributed by atoms with E-state index in [0.29, 0.717) is 5.56 Å². The number of carbonyl (C=O) groups is 2. The Bertz CT molecular complexity index is 881. The lowest BCUT2D eigenvalue weighted by Crippen LogP contribution is -2.32. The molecule has 0 saturated carbocycles. The van der Waals surface area contributed by atoms with Crippen LogP contribution in [-0.4, -0.2) is 21.8 Å². The Hall–Kier alpha value is -3.09. The van der Waals surface area contributed by atoms with Crippen molar-refractivity contribution >= 4 is 17.4 Å². The third-order valence-corrected chi connectivity index (χ3v) is 4.00. The molecule has 1 aliphatic heterocycles. The number of Topliss-reactive ketones (excluding diaryl/α,β-unsaturated/α-hetero) is 1. The second kappa shape index (κ2) is 6.43. The molecular weight excluding hydrogens is 330 g/mol. The lowest BCUT2D eigenvalue weighted by atomic mass is 9.96. The molecule has 3 rings (SSSR count). The lowest BCUT2D eigenvalue weighted by Gasteiger charge is -2.26. The molecule has 1 N–H and O–H groups in total. The van der Waals surface area contributed by atoms with E-state index < -0.39 is 35.1 Å². The number of amides is 1. The minimum absolute atomic E-state index is 0.0446. The minimum Gasteiger partial charge on any atom is -0.503 e. The molecule has 0 bridgehead atoms. The maximum absolute atomic E-state index is 14.3. The highest BCUT2D eigenvalue weighted by molar-refractivity contribution is 6.16. The zero-order valence-corrected chi connectivity index (χ0v) is 13.2. The summed E-state index contributed by atoms with van der Waals surface area (Å²) in [5, 5.41) is 10.2. The number of aliphatic hydroxyl groups excluding tert-OH is 1. The first-order chi connectivity index (χ1) is 12.0. The number of carbonyl (C=O) groups excluding carboxylic acids is 2.